The third-order valence-electron chi connectivity index (χ3n) is 3.73. The lowest BCUT2D eigenvalue weighted by Gasteiger charge is -2.34. The third kappa shape index (κ3) is 3.23. The van der Waals surface area contributed by atoms with Gasteiger partial charge in [-0.15, -0.1) is 0 Å². The summed E-state index contributed by atoms with van der Waals surface area (Å²) in [4.78, 5) is 17.7. The Morgan fingerprint density at radius 1 is 1.53 bits per heavy atom. The van der Waals surface area contributed by atoms with Crippen LogP contribution >= 0.6 is 0 Å². The van der Waals surface area contributed by atoms with Gasteiger partial charge in [0.2, 0.25) is 0 Å². The molecule has 1 aliphatic rings. The Morgan fingerprint density at radius 2 is 2.21 bits per heavy atom. The number of hydrogen-bond acceptors (Lipinski definition) is 5. The summed E-state index contributed by atoms with van der Waals surface area (Å²) in [6.07, 6.45) is 3.31. The lowest BCUT2D eigenvalue weighted by atomic mass is 9.92. The molecule has 1 fully saturated rings. The van der Waals surface area contributed by atoms with Crippen molar-refractivity contribution in [2.75, 3.05) is 25.1 Å². The number of ether oxygens (including phenoxy) is 1. The van der Waals surface area contributed by atoms with E-state index in [-0.39, 0.29) is 6.10 Å². The largest absolute Gasteiger partial charge is 0.464 e. The predicted molar refractivity (Wildman–Crippen MR) is 72.2 cm³/mol. The lowest BCUT2D eigenvalue weighted by molar-refractivity contribution is 0.0594. The molecule has 0 bridgehead atoms. The molecule has 1 aliphatic heterocycles. The number of piperidine rings is 1. The van der Waals surface area contributed by atoms with Gasteiger partial charge >= 0.3 is 5.97 Å². The second-order valence-electron chi connectivity index (χ2n) is 4.96. The summed E-state index contributed by atoms with van der Waals surface area (Å²) >= 11 is 0. The molecule has 1 unspecified atom stereocenters. The third-order valence-corrected chi connectivity index (χ3v) is 3.73. The van der Waals surface area contributed by atoms with Crippen molar-refractivity contribution >= 4 is 11.7 Å². The summed E-state index contributed by atoms with van der Waals surface area (Å²) < 4.78 is 4.67. The zero-order chi connectivity index (χ0) is 13.8. The van der Waals surface area contributed by atoms with Gasteiger partial charge in [-0.05, 0) is 37.8 Å². The molecule has 1 atom stereocenters. The molecule has 1 aromatic rings. The number of rotatable bonds is 3. The molecule has 1 saturated heterocycles. The molecule has 0 amide bonds. The number of pyridine rings is 1. The fourth-order valence-corrected chi connectivity index (χ4v) is 2.47. The van der Waals surface area contributed by atoms with Crippen LogP contribution in [0.15, 0.2) is 18.3 Å². The van der Waals surface area contributed by atoms with Crippen LogP contribution in [0.2, 0.25) is 0 Å². The van der Waals surface area contributed by atoms with Crippen LogP contribution < -0.4 is 4.90 Å². The number of nitrogens with zero attached hydrogens (tertiary/aromatic N) is 2. The lowest BCUT2D eigenvalue weighted by Crippen LogP contribution is -2.37. The maximum absolute atomic E-state index is 11.5. The maximum Gasteiger partial charge on any atom is 0.356 e. The van der Waals surface area contributed by atoms with E-state index in [4.69, 9.17) is 0 Å². The Labute approximate surface area is 113 Å². The number of carbonyl (C=O) groups excluding carboxylic acids is 1. The van der Waals surface area contributed by atoms with E-state index in [0.29, 0.717) is 11.6 Å². The van der Waals surface area contributed by atoms with Gasteiger partial charge in [0, 0.05) is 25.0 Å². The Kier molecular flexibility index (Phi) is 4.37. The minimum absolute atomic E-state index is 0.245. The highest BCUT2D eigenvalue weighted by Crippen LogP contribution is 2.25. The van der Waals surface area contributed by atoms with Crippen molar-refractivity contribution in [2.45, 2.75) is 25.9 Å². The first-order valence-electron chi connectivity index (χ1n) is 6.59. The molecule has 5 heteroatoms. The van der Waals surface area contributed by atoms with Crippen molar-refractivity contribution in [1.82, 2.24) is 4.98 Å². The summed E-state index contributed by atoms with van der Waals surface area (Å²) in [6.45, 7) is 3.63. The summed E-state index contributed by atoms with van der Waals surface area (Å²) in [6, 6.07) is 3.66. The summed E-state index contributed by atoms with van der Waals surface area (Å²) in [7, 11) is 1.35. The van der Waals surface area contributed by atoms with Gasteiger partial charge in [0.15, 0.2) is 0 Å². The van der Waals surface area contributed by atoms with Crippen LogP contribution in [0.4, 0.5) is 5.69 Å². The molecule has 2 heterocycles. The monoisotopic (exact) mass is 264 g/mol. The first kappa shape index (κ1) is 13.8. The first-order valence-corrected chi connectivity index (χ1v) is 6.59. The van der Waals surface area contributed by atoms with Gasteiger partial charge in [0.05, 0.1) is 13.2 Å². The molecule has 0 radical (unpaired) electrons. The normalized spacial score (nSPS) is 18.2. The number of esters is 1. The predicted octanol–water partition coefficient (Wildman–Crippen LogP) is 1.47. The molecule has 104 valence electrons. The number of aliphatic hydroxyl groups is 1. The Bertz CT molecular complexity index is 440. The zero-order valence-electron chi connectivity index (χ0n) is 11.4. The SMILES string of the molecule is COC(=O)c1cc(N2CCC(C(C)O)CC2)ccn1. The Balaban J connectivity index is 2.05. The molecule has 5 nitrogen and oxygen atoms in total. The average molecular weight is 264 g/mol. The van der Waals surface area contributed by atoms with Crippen molar-refractivity contribution in [2.24, 2.45) is 5.92 Å². The van der Waals surface area contributed by atoms with Crippen molar-refractivity contribution < 1.29 is 14.6 Å². The van der Waals surface area contributed by atoms with Gasteiger partial charge in [-0.2, -0.15) is 0 Å². The molecule has 0 aliphatic carbocycles. The van der Waals surface area contributed by atoms with Gasteiger partial charge in [-0.25, -0.2) is 9.78 Å². The summed E-state index contributed by atoms with van der Waals surface area (Å²) in [5.74, 6) is -0.0427. The van der Waals surface area contributed by atoms with Crippen LogP contribution in [0.1, 0.15) is 30.3 Å². The number of carbonyl (C=O) groups is 1. The number of methoxy groups -OCH3 is 1. The second kappa shape index (κ2) is 6.02. The van der Waals surface area contributed by atoms with Gasteiger partial charge < -0.3 is 14.7 Å². The highest BCUT2D eigenvalue weighted by molar-refractivity contribution is 5.88. The van der Waals surface area contributed by atoms with E-state index in [1.54, 1.807) is 12.3 Å². The van der Waals surface area contributed by atoms with E-state index < -0.39 is 5.97 Å². The first-order chi connectivity index (χ1) is 9.11. The average Bonchev–Trinajstić information content (AvgIpc) is 2.46. The fraction of sp³-hybridized carbons (Fsp3) is 0.571. The molecule has 1 N–H and O–H groups in total. The van der Waals surface area contributed by atoms with Crippen LogP contribution in [0.25, 0.3) is 0 Å². The van der Waals surface area contributed by atoms with E-state index in [2.05, 4.69) is 14.6 Å². The van der Waals surface area contributed by atoms with Crippen molar-refractivity contribution in [3.63, 3.8) is 0 Å². The molecule has 2 rings (SSSR count). The van der Waals surface area contributed by atoms with Crippen molar-refractivity contribution in [3.05, 3.63) is 24.0 Å². The fourth-order valence-electron chi connectivity index (χ4n) is 2.47. The van der Waals surface area contributed by atoms with Crippen LogP contribution in [0.5, 0.6) is 0 Å². The standard InChI is InChI=1S/C14H20N2O3/c1-10(17)11-4-7-16(8-5-11)12-3-6-15-13(9-12)14(18)19-2/h3,6,9-11,17H,4-5,7-8H2,1-2H3. The number of aromatic nitrogens is 1. The quantitative estimate of drug-likeness (QED) is 0.838. The van der Waals surface area contributed by atoms with Gasteiger partial charge in [0.1, 0.15) is 5.69 Å². The molecule has 0 saturated carbocycles. The topological polar surface area (TPSA) is 62.7 Å². The van der Waals surface area contributed by atoms with Crippen LogP contribution in [0.3, 0.4) is 0 Å². The van der Waals surface area contributed by atoms with Crippen LogP contribution in [-0.2, 0) is 4.74 Å². The van der Waals surface area contributed by atoms with Gasteiger partial charge in [0.25, 0.3) is 0 Å². The smallest absolute Gasteiger partial charge is 0.356 e. The van der Waals surface area contributed by atoms with E-state index in [1.807, 2.05) is 13.0 Å². The van der Waals surface area contributed by atoms with E-state index >= 15 is 0 Å². The minimum atomic E-state index is -0.416. The van der Waals surface area contributed by atoms with E-state index in [1.165, 1.54) is 7.11 Å². The Morgan fingerprint density at radius 3 is 2.79 bits per heavy atom. The van der Waals surface area contributed by atoms with Crippen LogP contribution in [0, 0.1) is 5.92 Å². The molecular weight excluding hydrogens is 244 g/mol. The highest BCUT2D eigenvalue weighted by atomic mass is 16.5. The van der Waals surface area contributed by atoms with Gasteiger partial charge in [-0.1, -0.05) is 0 Å². The zero-order valence-corrected chi connectivity index (χ0v) is 11.4. The maximum atomic E-state index is 11.5. The van der Waals surface area contributed by atoms with E-state index in [0.717, 1.165) is 31.6 Å². The molecule has 19 heavy (non-hydrogen) atoms. The minimum Gasteiger partial charge on any atom is -0.464 e. The number of hydrogen-bond donors (Lipinski definition) is 1. The molecule has 1 aromatic heterocycles. The number of anilines is 1. The molecule has 0 spiro atoms. The Hall–Kier alpha value is -1.62. The van der Waals surface area contributed by atoms with E-state index in [9.17, 15) is 9.90 Å². The second-order valence-corrected chi connectivity index (χ2v) is 4.96. The highest BCUT2D eigenvalue weighted by Gasteiger charge is 2.23. The number of aliphatic hydroxyl groups excluding tert-OH is 1. The molecule has 0 aromatic carbocycles. The van der Waals surface area contributed by atoms with Gasteiger partial charge in [-0.3, -0.25) is 0 Å². The van der Waals surface area contributed by atoms with Crippen molar-refractivity contribution in [1.29, 1.82) is 0 Å². The summed E-state index contributed by atoms with van der Waals surface area (Å²) in [5, 5.41) is 9.59. The summed E-state index contributed by atoms with van der Waals surface area (Å²) in [5.41, 5.74) is 1.32. The molecular formula is C14H20N2O3. The van der Waals surface area contributed by atoms with Crippen molar-refractivity contribution in [3.8, 4) is 0 Å². The van der Waals surface area contributed by atoms with Crippen LogP contribution in [-0.4, -0.2) is 42.4 Å².